The molecule has 0 N–H and O–H groups in total. The second-order valence-corrected chi connectivity index (χ2v) is 7.94. The van der Waals surface area contributed by atoms with Crippen LogP contribution >= 0.6 is 11.8 Å². The number of hydrogen-bond acceptors (Lipinski definition) is 4. The lowest BCUT2D eigenvalue weighted by molar-refractivity contribution is -0.127. The van der Waals surface area contributed by atoms with Gasteiger partial charge in [-0.2, -0.15) is 5.10 Å². The van der Waals surface area contributed by atoms with Gasteiger partial charge in [0.1, 0.15) is 0 Å². The molecule has 0 radical (unpaired) electrons. The van der Waals surface area contributed by atoms with Crippen LogP contribution in [0.15, 0.2) is 114 Å². The largest absolute Gasteiger partial charge is 0.284 e. The first-order valence-corrected chi connectivity index (χ1v) is 10.5. The molecule has 1 aliphatic heterocycles. The van der Waals surface area contributed by atoms with Crippen LogP contribution in [0.4, 0.5) is 0 Å². The SMILES string of the molecule is C=CCN1C(=O)C(c2ccccc2)(c2ccccc2)S/C1=N/N=C\c1ccccc1. The van der Waals surface area contributed by atoms with Gasteiger partial charge in [0.2, 0.25) is 0 Å². The number of nitrogens with zero attached hydrogens (tertiary/aromatic N) is 3. The molecule has 0 aliphatic carbocycles. The number of hydrogen-bond donors (Lipinski definition) is 0. The van der Waals surface area contributed by atoms with Crippen molar-refractivity contribution < 1.29 is 4.79 Å². The number of benzene rings is 3. The predicted octanol–water partition coefficient (Wildman–Crippen LogP) is 5.08. The van der Waals surface area contributed by atoms with Crippen LogP contribution in [0.25, 0.3) is 0 Å². The van der Waals surface area contributed by atoms with Gasteiger partial charge in [-0.3, -0.25) is 9.69 Å². The van der Waals surface area contributed by atoms with E-state index < -0.39 is 4.75 Å². The summed E-state index contributed by atoms with van der Waals surface area (Å²) in [7, 11) is 0. The van der Waals surface area contributed by atoms with E-state index in [0.29, 0.717) is 11.7 Å². The van der Waals surface area contributed by atoms with Crippen molar-refractivity contribution >= 4 is 29.1 Å². The van der Waals surface area contributed by atoms with Crippen LogP contribution in [-0.4, -0.2) is 28.7 Å². The van der Waals surface area contributed by atoms with Gasteiger partial charge < -0.3 is 0 Å². The Labute approximate surface area is 180 Å². The Hall–Kier alpha value is -3.44. The zero-order chi connectivity index (χ0) is 20.8. The Morgan fingerprint density at radius 2 is 1.40 bits per heavy atom. The van der Waals surface area contributed by atoms with E-state index in [9.17, 15) is 4.79 Å². The topological polar surface area (TPSA) is 45.0 Å². The Morgan fingerprint density at radius 1 is 0.867 bits per heavy atom. The fourth-order valence-corrected chi connectivity index (χ4v) is 4.77. The summed E-state index contributed by atoms with van der Waals surface area (Å²) in [6, 6.07) is 29.4. The summed E-state index contributed by atoms with van der Waals surface area (Å²) in [4.78, 5) is 15.4. The second kappa shape index (κ2) is 8.93. The molecule has 1 aliphatic rings. The van der Waals surface area contributed by atoms with Gasteiger partial charge in [-0.15, -0.1) is 11.7 Å². The first kappa shape index (κ1) is 19.9. The van der Waals surface area contributed by atoms with Crippen molar-refractivity contribution in [2.75, 3.05) is 6.54 Å². The molecule has 5 heteroatoms. The van der Waals surface area contributed by atoms with E-state index in [-0.39, 0.29) is 5.91 Å². The monoisotopic (exact) mass is 411 g/mol. The molecule has 4 rings (SSSR count). The number of thioether (sulfide) groups is 1. The molecule has 0 aromatic heterocycles. The number of carbonyl (C=O) groups is 1. The Morgan fingerprint density at radius 3 is 1.93 bits per heavy atom. The van der Waals surface area contributed by atoms with E-state index in [2.05, 4.69) is 16.8 Å². The molecular weight excluding hydrogens is 390 g/mol. The van der Waals surface area contributed by atoms with Crippen molar-refractivity contribution in [2.24, 2.45) is 10.2 Å². The molecule has 1 saturated heterocycles. The molecule has 0 atom stereocenters. The highest BCUT2D eigenvalue weighted by Gasteiger charge is 2.53. The van der Waals surface area contributed by atoms with E-state index in [1.54, 1.807) is 17.2 Å². The highest BCUT2D eigenvalue weighted by molar-refractivity contribution is 8.16. The van der Waals surface area contributed by atoms with Gasteiger partial charge in [-0.1, -0.05) is 109 Å². The highest BCUT2D eigenvalue weighted by atomic mass is 32.2. The third kappa shape index (κ3) is 3.72. The highest BCUT2D eigenvalue weighted by Crippen LogP contribution is 2.50. The van der Waals surface area contributed by atoms with Crippen molar-refractivity contribution in [3.05, 3.63) is 120 Å². The standard InChI is InChI=1S/C25H21N3OS/c1-2-18-28-23(29)25(21-14-8-4-9-15-21,22-16-10-5-11-17-22)30-24(28)27-26-19-20-12-6-3-7-13-20/h2-17,19H,1,18H2/b26-19-,27-24+. The molecule has 1 fully saturated rings. The Balaban J connectivity index is 1.80. The van der Waals surface area contributed by atoms with Gasteiger partial charge in [0.15, 0.2) is 9.91 Å². The lowest BCUT2D eigenvalue weighted by Crippen LogP contribution is -2.38. The van der Waals surface area contributed by atoms with Crippen LogP contribution in [0.3, 0.4) is 0 Å². The number of amidine groups is 1. The zero-order valence-corrected chi connectivity index (χ0v) is 17.2. The van der Waals surface area contributed by atoms with Crippen LogP contribution in [-0.2, 0) is 9.54 Å². The van der Waals surface area contributed by atoms with E-state index in [1.165, 1.54) is 11.8 Å². The van der Waals surface area contributed by atoms with Crippen molar-refractivity contribution in [1.82, 2.24) is 4.90 Å². The summed E-state index contributed by atoms with van der Waals surface area (Å²) >= 11 is 1.42. The third-order valence-corrected chi connectivity index (χ3v) is 6.28. The fourth-order valence-electron chi connectivity index (χ4n) is 3.44. The maximum atomic E-state index is 13.8. The summed E-state index contributed by atoms with van der Waals surface area (Å²) in [5.74, 6) is -0.0431. The molecule has 1 amide bonds. The van der Waals surface area contributed by atoms with E-state index in [0.717, 1.165) is 16.7 Å². The van der Waals surface area contributed by atoms with Crippen LogP contribution in [0.2, 0.25) is 0 Å². The molecule has 3 aromatic rings. The van der Waals surface area contributed by atoms with Gasteiger partial charge in [-0.05, 0) is 16.7 Å². The maximum Gasteiger partial charge on any atom is 0.254 e. The molecule has 0 bridgehead atoms. The number of amides is 1. The van der Waals surface area contributed by atoms with Gasteiger partial charge in [-0.25, -0.2) is 0 Å². The minimum absolute atomic E-state index is 0.0431. The van der Waals surface area contributed by atoms with Gasteiger partial charge >= 0.3 is 0 Å². The summed E-state index contributed by atoms with van der Waals surface area (Å²) in [5, 5.41) is 9.23. The van der Waals surface area contributed by atoms with Gasteiger partial charge in [0.05, 0.1) is 6.21 Å². The molecule has 1 heterocycles. The quantitative estimate of drug-likeness (QED) is 0.322. The molecular formula is C25H21N3OS. The molecule has 0 saturated carbocycles. The van der Waals surface area contributed by atoms with Crippen LogP contribution in [0.1, 0.15) is 16.7 Å². The van der Waals surface area contributed by atoms with E-state index >= 15 is 0 Å². The molecule has 4 nitrogen and oxygen atoms in total. The lowest BCUT2D eigenvalue weighted by Gasteiger charge is -2.27. The van der Waals surface area contributed by atoms with Crippen molar-refractivity contribution in [3.8, 4) is 0 Å². The van der Waals surface area contributed by atoms with Crippen LogP contribution in [0.5, 0.6) is 0 Å². The van der Waals surface area contributed by atoms with E-state index in [4.69, 9.17) is 0 Å². The maximum absolute atomic E-state index is 13.8. The molecule has 3 aromatic carbocycles. The number of rotatable bonds is 6. The predicted molar refractivity (Wildman–Crippen MR) is 125 cm³/mol. The molecule has 148 valence electrons. The van der Waals surface area contributed by atoms with Crippen molar-refractivity contribution in [2.45, 2.75) is 4.75 Å². The summed E-state index contributed by atoms with van der Waals surface area (Å²) in [6.45, 7) is 4.19. The summed E-state index contributed by atoms with van der Waals surface area (Å²) < 4.78 is -0.910. The Kier molecular flexibility index (Phi) is 5.91. The first-order valence-electron chi connectivity index (χ1n) is 9.64. The minimum atomic E-state index is -0.910. The summed E-state index contributed by atoms with van der Waals surface area (Å²) in [5.41, 5.74) is 2.78. The van der Waals surface area contributed by atoms with Crippen LogP contribution in [0, 0.1) is 0 Å². The van der Waals surface area contributed by atoms with Gasteiger partial charge in [0, 0.05) is 6.54 Å². The summed E-state index contributed by atoms with van der Waals surface area (Å²) in [6.07, 6.45) is 3.40. The number of carbonyl (C=O) groups excluding carboxylic acids is 1. The normalized spacial score (nSPS) is 17.0. The molecule has 30 heavy (non-hydrogen) atoms. The minimum Gasteiger partial charge on any atom is -0.284 e. The van der Waals surface area contributed by atoms with Crippen LogP contribution < -0.4 is 0 Å². The fraction of sp³-hybridized carbons (Fsp3) is 0.0800. The average molecular weight is 412 g/mol. The zero-order valence-electron chi connectivity index (χ0n) is 16.4. The second-order valence-electron chi connectivity index (χ2n) is 6.76. The van der Waals surface area contributed by atoms with E-state index in [1.807, 2.05) is 91.0 Å². The smallest absolute Gasteiger partial charge is 0.254 e. The van der Waals surface area contributed by atoms with Crippen molar-refractivity contribution in [1.29, 1.82) is 0 Å². The van der Waals surface area contributed by atoms with Crippen molar-refractivity contribution in [3.63, 3.8) is 0 Å². The third-order valence-electron chi connectivity index (χ3n) is 4.84. The average Bonchev–Trinajstić information content (AvgIpc) is 3.09. The molecule has 0 spiro atoms. The lowest BCUT2D eigenvalue weighted by atomic mass is 9.89. The van der Waals surface area contributed by atoms with Gasteiger partial charge in [0.25, 0.3) is 5.91 Å². The molecule has 0 unspecified atom stereocenters. The Bertz CT molecular complexity index is 1040. The first-order chi connectivity index (χ1) is 14.8.